The van der Waals surface area contributed by atoms with E-state index in [0.717, 1.165) is 31.0 Å². The molecule has 2 aromatic carbocycles. The van der Waals surface area contributed by atoms with Crippen molar-refractivity contribution in [2.24, 2.45) is 5.92 Å². The molecule has 0 N–H and O–H groups in total. The van der Waals surface area contributed by atoms with Gasteiger partial charge in [0, 0.05) is 25.4 Å². The molecule has 0 aliphatic carbocycles. The Morgan fingerprint density at radius 1 is 1.21 bits per heavy atom. The Bertz CT molecular complexity index is 793. The molecule has 1 aliphatic heterocycles. The number of aryl methyl sites for hydroxylation is 1. The van der Waals surface area contributed by atoms with Crippen LogP contribution < -0.4 is 0 Å². The molecule has 1 atom stereocenters. The first-order chi connectivity index (χ1) is 13.4. The van der Waals surface area contributed by atoms with E-state index in [1.807, 2.05) is 11.0 Å². The van der Waals surface area contributed by atoms with Crippen LogP contribution >= 0.6 is 11.8 Å². The van der Waals surface area contributed by atoms with Gasteiger partial charge in [-0.05, 0) is 41.7 Å². The third kappa shape index (κ3) is 5.36. The fourth-order valence-corrected chi connectivity index (χ4v) is 4.92. The van der Waals surface area contributed by atoms with E-state index in [1.54, 1.807) is 23.9 Å². The van der Waals surface area contributed by atoms with Crippen molar-refractivity contribution in [3.05, 3.63) is 71.0 Å². The smallest absolute Gasteiger partial charge is 0.237 e. The topological polar surface area (TPSA) is 23.6 Å². The Labute approximate surface area is 171 Å². The van der Waals surface area contributed by atoms with E-state index in [0.29, 0.717) is 12.5 Å². The maximum absolute atomic E-state index is 13.3. The van der Waals surface area contributed by atoms with E-state index in [9.17, 15) is 9.18 Å². The lowest BCUT2D eigenvalue weighted by Gasteiger charge is -2.29. The molecule has 1 unspecified atom stereocenters. The van der Waals surface area contributed by atoms with Gasteiger partial charge in [0.2, 0.25) is 5.91 Å². The van der Waals surface area contributed by atoms with Gasteiger partial charge in [0.05, 0.1) is 6.54 Å². The number of carbonyl (C=O) groups excluding carboxylic acids is 1. The molecule has 1 amide bonds. The Kier molecular flexibility index (Phi) is 7.13. The van der Waals surface area contributed by atoms with E-state index < -0.39 is 0 Å². The van der Waals surface area contributed by atoms with Crippen LogP contribution in [0.1, 0.15) is 35.9 Å². The molecule has 0 bridgehead atoms. The maximum Gasteiger partial charge on any atom is 0.237 e. The van der Waals surface area contributed by atoms with Gasteiger partial charge in [0.15, 0.2) is 0 Å². The second-order valence-corrected chi connectivity index (χ2v) is 9.04. The summed E-state index contributed by atoms with van der Waals surface area (Å²) in [7, 11) is 0. The molecule has 28 heavy (non-hydrogen) atoms. The molecule has 3 nitrogen and oxygen atoms in total. The van der Waals surface area contributed by atoms with Gasteiger partial charge in [0.1, 0.15) is 11.2 Å². The standard InChI is InChI=1S/C23H29FN2OS/c1-17(2)14-25(15-20-7-5-4-6-18(20)3)16-22(27)26-12-13-28-23(26)19-8-10-21(24)11-9-19/h4-11,17,23H,12-16H2,1-3H3. The van der Waals surface area contributed by atoms with Gasteiger partial charge in [0.25, 0.3) is 0 Å². The summed E-state index contributed by atoms with van der Waals surface area (Å²) < 4.78 is 13.3. The fourth-order valence-electron chi connectivity index (χ4n) is 3.64. The first-order valence-electron chi connectivity index (χ1n) is 9.87. The summed E-state index contributed by atoms with van der Waals surface area (Å²) in [6.07, 6.45) is 0. The molecule has 1 saturated heterocycles. The van der Waals surface area contributed by atoms with Crippen LogP contribution in [-0.2, 0) is 11.3 Å². The van der Waals surface area contributed by atoms with Crippen LogP contribution in [0.15, 0.2) is 48.5 Å². The zero-order valence-electron chi connectivity index (χ0n) is 16.9. The lowest BCUT2D eigenvalue weighted by molar-refractivity contribution is -0.132. The molecular formula is C23H29FN2OS. The van der Waals surface area contributed by atoms with Crippen LogP contribution in [0.25, 0.3) is 0 Å². The van der Waals surface area contributed by atoms with Crippen LogP contribution in [0.5, 0.6) is 0 Å². The van der Waals surface area contributed by atoms with Gasteiger partial charge >= 0.3 is 0 Å². The van der Waals surface area contributed by atoms with Gasteiger partial charge in [-0.15, -0.1) is 11.8 Å². The summed E-state index contributed by atoms with van der Waals surface area (Å²) in [4.78, 5) is 17.4. The number of rotatable bonds is 7. The van der Waals surface area contributed by atoms with Crippen LogP contribution in [0.3, 0.4) is 0 Å². The van der Waals surface area contributed by atoms with Crippen molar-refractivity contribution in [3.63, 3.8) is 0 Å². The molecule has 3 rings (SSSR count). The molecule has 5 heteroatoms. The summed E-state index contributed by atoms with van der Waals surface area (Å²) >= 11 is 1.75. The number of halogens is 1. The molecule has 150 valence electrons. The minimum atomic E-state index is -0.244. The van der Waals surface area contributed by atoms with Crippen molar-refractivity contribution in [2.75, 3.05) is 25.4 Å². The zero-order chi connectivity index (χ0) is 20.1. The monoisotopic (exact) mass is 400 g/mol. The highest BCUT2D eigenvalue weighted by Crippen LogP contribution is 2.38. The van der Waals surface area contributed by atoms with E-state index in [2.05, 4.69) is 43.9 Å². The normalized spacial score (nSPS) is 16.9. The molecule has 0 spiro atoms. The van der Waals surface area contributed by atoms with Crippen LogP contribution in [-0.4, -0.2) is 41.1 Å². The van der Waals surface area contributed by atoms with E-state index in [-0.39, 0.29) is 17.1 Å². The van der Waals surface area contributed by atoms with Crippen molar-refractivity contribution in [3.8, 4) is 0 Å². The van der Waals surface area contributed by atoms with Gasteiger partial charge in [-0.2, -0.15) is 0 Å². The molecule has 0 saturated carbocycles. The fraction of sp³-hybridized carbons (Fsp3) is 0.435. The molecule has 1 heterocycles. The Morgan fingerprint density at radius 2 is 1.93 bits per heavy atom. The average Bonchev–Trinajstić information content (AvgIpc) is 3.13. The van der Waals surface area contributed by atoms with E-state index >= 15 is 0 Å². The zero-order valence-corrected chi connectivity index (χ0v) is 17.7. The predicted octanol–water partition coefficient (Wildman–Crippen LogP) is 4.87. The van der Waals surface area contributed by atoms with Crippen molar-refractivity contribution >= 4 is 17.7 Å². The van der Waals surface area contributed by atoms with Crippen LogP contribution in [0.2, 0.25) is 0 Å². The number of nitrogens with zero attached hydrogens (tertiary/aromatic N) is 2. The number of thioether (sulfide) groups is 1. The maximum atomic E-state index is 13.3. The quantitative estimate of drug-likeness (QED) is 0.663. The number of carbonyl (C=O) groups is 1. The van der Waals surface area contributed by atoms with Crippen molar-refractivity contribution in [1.82, 2.24) is 9.80 Å². The van der Waals surface area contributed by atoms with Gasteiger partial charge in [-0.25, -0.2) is 4.39 Å². The SMILES string of the molecule is Cc1ccccc1CN(CC(=O)N1CCSC1c1ccc(F)cc1)CC(C)C. The van der Waals surface area contributed by atoms with Crippen LogP contribution in [0.4, 0.5) is 4.39 Å². The molecular weight excluding hydrogens is 371 g/mol. The summed E-state index contributed by atoms with van der Waals surface area (Å²) in [6.45, 7) is 9.29. The van der Waals surface area contributed by atoms with Crippen molar-refractivity contribution < 1.29 is 9.18 Å². The lowest BCUT2D eigenvalue weighted by atomic mass is 10.1. The lowest BCUT2D eigenvalue weighted by Crippen LogP contribution is -2.41. The second-order valence-electron chi connectivity index (χ2n) is 7.85. The largest absolute Gasteiger partial charge is 0.325 e. The highest BCUT2D eigenvalue weighted by atomic mass is 32.2. The van der Waals surface area contributed by atoms with E-state index in [1.165, 1.54) is 23.3 Å². The van der Waals surface area contributed by atoms with Crippen LogP contribution in [0, 0.1) is 18.7 Å². The third-order valence-electron chi connectivity index (χ3n) is 5.00. The molecule has 2 aromatic rings. The number of benzene rings is 2. The van der Waals surface area contributed by atoms with E-state index in [4.69, 9.17) is 0 Å². The molecule has 1 aliphatic rings. The summed E-state index contributed by atoms with van der Waals surface area (Å²) in [5.74, 6) is 1.30. The summed E-state index contributed by atoms with van der Waals surface area (Å²) in [5, 5.41) is -0.0209. The Morgan fingerprint density at radius 3 is 2.61 bits per heavy atom. The first kappa shape index (κ1) is 20.9. The molecule has 0 aromatic heterocycles. The Balaban J connectivity index is 1.71. The number of hydrogen-bond donors (Lipinski definition) is 0. The molecule has 1 fully saturated rings. The van der Waals surface area contributed by atoms with Crippen molar-refractivity contribution in [1.29, 1.82) is 0 Å². The van der Waals surface area contributed by atoms with Gasteiger partial charge in [-0.3, -0.25) is 9.69 Å². The minimum absolute atomic E-state index is 0.0209. The van der Waals surface area contributed by atoms with Gasteiger partial charge < -0.3 is 4.90 Å². The first-order valence-corrected chi connectivity index (χ1v) is 10.9. The van der Waals surface area contributed by atoms with Gasteiger partial charge in [-0.1, -0.05) is 50.2 Å². The minimum Gasteiger partial charge on any atom is -0.325 e. The number of hydrogen-bond acceptors (Lipinski definition) is 3. The van der Waals surface area contributed by atoms with Crippen molar-refractivity contribution in [2.45, 2.75) is 32.7 Å². The Hall–Kier alpha value is -1.85. The number of amides is 1. The average molecular weight is 401 g/mol. The summed E-state index contributed by atoms with van der Waals surface area (Å²) in [5.41, 5.74) is 3.51. The summed E-state index contributed by atoms with van der Waals surface area (Å²) in [6, 6.07) is 14.9. The highest BCUT2D eigenvalue weighted by Gasteiger charge is 2.31. The second kappa shape index (κ2) is 9.57. The highest BCUT2D eigenvalue weighted by molar-refractivity contribution is 7.99. The molecule has 0 radical (unpaired) electrons. The predicted molar refractivity (Wildman–Crippen MR) is 115 cm³/mol. The third-order valence-corrected chi connectivity index (χ3v) is 6.26.